The fourth-order valence-electron chi connectivity index (χ4n) is 0.945. The van der Waals surface area contributed by atoms with Crippen molar-refractivity contribution in [3.8, 4) is 0 Å². The highest BCUT2D eigenvalue weighted by atomic mass is 16.5. The maximum absolute atomic E-state index is 11.0. The Bertz CT molecular complexity index is 125. The van der Waals surface area contributed by atoms with Crippen molar-refractivity contribution in [3.05, 3.63) is 0 Å². The molecule has 0 saturated carbocycles. The van der Waals surface area contributed by atoms with Crippen LogP contribution in [-0.4, -0.2) is 31.2 Å². The Morgan fingerprint density at radius 3 is 3.10 bits per heavy atom. The van der Waals surface area contributed by atoms with Crippen LogP contribution in [0.1, 0.15) is 19.3 Å². The number of ether oxygens (including phenoxy) is 1. The van der Waals surface area contributed by atoms with E-state index in [1.165, 1.54) is 0 Å². The van der Waals surface area contributed by atoms with Crippen LogP contribution < -0.4 is 0 Å². The highest BCUT2D eigenvalue weighted by Gasteiger charge is 2.10. The van der Waals surface area contributed by atoms with E-state index in [0.29, 0.717) is 13.2 Å². The molecule has 0 aromatic carbocycles. The molecule has 0 spiro atoms. The molecule has 1 saturated heterocycles. The molecule has 0 aliphatic carbocycles. The van der Waals surface area contributed by atoms with Gasteiger partial charge in [-0.2, -0.15) is 0 Å². The van der Waals surface area contributed by atoms with E-state index in [4.69, 9.17) is 4.74 Å². The van der Waals surface area contributed by atoms with Gasteiger partial charge < -0.3 is 9.64 Å². The average Bonchev–Trinajstić information content (AvgIpc) is 1.92. The molecule has 1 fully saturated rings. The smallest absolute Gasteiger partial charge is 0.224 e. The number of hydrogen-bond acceptors (Lipinski definition) is 2. The third-order valence-corrected chi connectivity index (χ3v) is 1.64. The summed E-state index contributed by atoms with van der Waals surface area (Å²) in [6.45, 7) is 1.25. The predicted octanol–water partition coefficient (Wildman–Crippen LogP) is 0.603. The SMILES string of the molecule is CN1COCCCCC1=O. The summed E-state index contributed by atoms with van der Waals surface area (Å²) in [5.74, 6) is 0.194. The fraction of sp³-hybridized carbons (Fsp3) is 0.857. The highest BCUT2D eigenvalue weighted by Crippen LogP contribution is 2.03. The Morgan fingerprint density at radius 1 is 1.50 bits per heavy atom. The summed E-state index contributed by atoms with van der Waals surface area (Å²) in [6.07, 6.45) is 2.66. The first-order chi connectivity index (χ1) is 4.80. The Hall–Kier alpha value is -0.570. The molecule has 1 amide bonds. The van der Waals surface area contributed by atoms with E-state index in [0.717, 1.165) is 19.4 Å². The van der Waals surface area contributed by atoms with Crippen molar-refractivity contribution >= 4 is 5.91 Å². The quantitative estimate of drug-likeness (QED) is 0.497. The van der Waals surface area contributed by atoms with Gasteiger partial charge in [0, 0.05) is 20.1 Å². The summed E-state index contributed by atoms with van der Waals surface area (Å²) in [4.78, 5) is 12.6. The minimum Gasteiger partial charge on any atom is -0.361 e. The lowest BCUT2D eigenvalue weighted by Crippen LogP contribution is -2.30. The molecule has 3 nitrogen and oxygen atoms in total. The molecular weight excluding hydrogens is 130 g/mol. The van der Waals surface area contributed by atoms with Crippen LogP contribution in [0.4, 0.5) is 0 Å². The van der Waals surface area contributed by atoms with E-state index in [1.807, 2.05) is 0 Å². The van der Waals surface area contributed by atoms with Crippen molar-refractivity contribution in [2.45, 2.75) is 19.3 Å². The zero-order valence-electron chi connectivity index (χ0n) is 6.30. The highest BCUT2D eigenvalue weighted by molar-refractivity contribution is 5.75. The fourth-order valence-corrected chi connectivity index (χ4v) is 0.945. The number of nitrogens with zero attached hydrogens (tertiary/aromatic N) is 1. The van der Waals surface area contributed by atoms with E-state index >= 15 is 0 Å². The van der Waals surface area contributed by atoms with Gasteiger partial charge in [0.15, 0.2) is 0 Å². The second-order valence-corrected chi connectivity index (χ2v) is 2.59. The van der Waals surface area contributed by atoms with Crippen molar-refractivity contribution in [1.29, 1.82) is 0 Å². The van der Waals surface area contributed by atoms with Gasteiger partial charge in [0.1, 0.15) is 6.73 Å². The molecule has 0 atom stereocenters. The van der Waals surface area contributed by atoms with Gasteiger partial charge in [-0.3, -0.25) is 4.79 Å². The minimum atomic E-state index is 0.194. The van der Waals surface area contributed by atoms with Crippen LogP contribution in [0.3, 0.4) is 0 Å². The standard InChI is InChI=1S/C7H13NO2/c1-8-6-10-5-3-2-4-7(8)9/h2-6H2,1H3. The van der Waals surface area contributed by atoms with Crippen LogP contribution in [0.25, 0.3) is 0 Å². The van der Waals surface area contributed by atoms with E-state index in [1.54, 1.807) is 11.9 Å². The van der Waals surface area contributed by atoms with Gasteiger partial charge in [0.05, 0.1) is 0 Å². The molecule has 1 aliphatic rings. The Labute approximate surface area is 61.0 Å². The molecule has 1 aliphatic heterocycles. The first kappa shape index (κ1) is 7.54. The minimum absolute atomic E-state index is 0.194. The lowest BCUT2D eigenvalue weighted by molar-refractivity contribution is -0.136. The van der Waals surface area contributed by atoms with Crippen molar-refractivity contribution in [1.82, 2.24) is 4.90 Å². The molecule has 0 aromatic heterocycles. The molecule has 1 rings (SSSR count). The molecule has 58 valence electrons. The molecule has 1 heterocycles. The Morgan fingerprint density at radius 2 is 2.30 bits per heavy atom. The molecule has 10 heavy (non-hydrogen) atoms. The van der Waals surface area contributed by atoms with Crippen LogP contribution in [0.15, 0.2) is 0 Å². The summed E-state index contributed by atoms with van der Waals surface area (Å²) in [5, 5.41) is 0. The molecule has 0 N–H and O–H groups in total. The first-order valence-corrected chi connectivity index (χ1v) is 3.62. The number of carbonyl (C=O) groups is 1. The summed E-state index contributed by atoms with van der Waals surface area (Å²) >= 11 is 0. The Balaban J connectivity index is 2.35. The van der Waals surface area contributed by atoms with Gasteiger partial charge >= 0.3 is 0 Å². The summed E-state index contributed by atoms with van der Waals surface area (Å²) < 4.78 is 5.16. The lowest BCUT2D eigenvalue weighted by atomic mass is 10.2. The van der Waals surface area contributed by atoms with Gasteiger partial charge in [0.25, 0.3) is 0 Å². The predicted molar refractivity (Wildman–Crippen MR) is 37.4 cm³/mol. The summed E-state index contributed by atoms with van der Waals surface area (Å²) in [5.41, 5.74) is 0. The van der Waals surface area contributed by atoms with Crippen LogP contribution in [0.2, 0.25) is 0 Å². The molecule has 3 heteroatoms. The molecule has 0 unspecified atom stereocenters. The zero-order valence-corrected chi connectivity index (χ0v) is 6.30. The van der Waals surface area contributed by atoms with Crippen LogP contribution in [0.5, 0.6) is 0 Å². The number of hydrogen-bond donors (Lipinski definition) is 0. The van der Waals surface area contributed by atoms with Crippen LogP contribution in [-0.2, 0) is 9.53 Å². The maximum atomic E-state index is 11.0. The van der Waals surface area contributed by atoms with Crippen molar-refractivity contribution in [3.63, 3.8) is 0 Å². The van der Waals surface area contributed by atoms with Crippen molar-refractivity contribution in [2.75, 3.05) is 20.4 Å². The number of amides is 1. The Kier molecular flexibility index (Phi) is 2.68. The zero-order chi connectivity index (χ0) is 7.40. The first-order valence-electron chi connectivity index (χ1n) is 3.62. The van der Waals surface area contributed by atoms with E-state index in [9.17, 15) is 4.79 Å². The average molecular weight is 143 g/mol. The van der Waals surface area contributed by atoms with Gasteiger partial charge in [0.2, 0.25) is 5.91 Å². The second-order valence-electron chi connectivity index (χ2n) is 2.59. The number of rotatable bonds is 0. The summed E-state index contributed by atoms with van der Waals surface area (Å²) in [6, 6.07) is 0. The van der Waals surface area contributed by atoms with E-state index in [2.05, 4.69) is 0 Å². The van der Waals surface area contributed by atoms with Gasteiger partial charge in [-0.15, -0.1) is 0 Å². The third kappa shape index (κ3) is 1.99. The van der Waals surface area contributed by atoms with E-state index < -0.39 is 0 Å². The van der Waals surface area contributed by atoms with Gasteiger partial charge in [-0.05, 0) is 12.8 Å². The molecule has 0 bridgehead atoms. The second kappa shape index (κ2) is 3.56. The molecular formula is C7H13NO2. The van der Waals surface area contributed by atoms with E-state index in [-0.39, 0.29) is 5.91 Å². The van der Waals surface area contributed by atoms with Crippen LogP contribution in [0, 0.1) is 0 Å². The third-order valence-electron chi connectivity index (χ3n) is 1.64. The molecule has 0 radical (unpaired) electrons. The van der Waals surface area contributed by atoms with Gasteiger partial charge in [-0.25, -0.2) is 0 Å². The monoisotopic (exact) mass is 143 g/mol. The topological polar surface area (TPSA) is 29.5 Å². The van der Waals surface area contributed by atoms with Gasteiger partial charge in [-0.1, -0.05) is 0 Å². The van der Waals surface area contributed by atoms with Crippen molar-refractivity contribution in [2.24, 2.45) is 0 Å². The largest absolute Gasteiger partial charge is 0.361 e. The molecule has 0 aromatic rings. The summed E-state index contributed by atoms with van der Waals surface area (Å²) in [7, 11) is 1.77. The maximum Gasteiger partial charge on any atom is 0.224 e. The lowest BCUT2D eigenvalue weighted by Gasteiger charge is -2.19. The normalized spacial score (nSPS) is 22.1. The van der Waals surface area contributed by atoms with Crippen LogP contribution >= 0.6 is 0 Å². The van der Waals surface area contributed by atoms with Crippen molar-refractivity contribution < 1.29 is 9.53 Å². The number of carbonyl (C=O) groups excluding carboxylic acids is 1.